The molecule has 0 saturated heterocycles. The fraction of sp³-hybridized carbons (Fsp3) is 0.120. The lowest BCUT2D eigenvalue weighted by Crippen LogP contribution is -2.13. The van der Waals surface area contributed by atoms with E-state index in [0.29, 0.717) is 10.9 Å². The maximum absolute atomic E-state index is 12.6. The summed E-state index contributed by atoms with van der Waals surface area (Å²) in [5.41, 5.74) is 4.54. The van der Waals surface area contributed by atoms with Crippen LogP contribution in [0.2, 0.25) is 0 Å². The number of rotatable bonds is 6. The van der Waals surface area contributed by atoms with Gasteiger partial charge in [0.25, 0.3) is 0 Å². The molecule has 5 aromatic rings. The third-order valence-electron chi connectivity index (χ3n) is 5.10. The molecule has 4 nitrogen and oxygen atoms in total. The van der Waals surface area contributed by atoms with Crippen molar-refractivity contribution < 1.29 is 4.79 Å². The number of nitrogens with one attached hydrogen (secondary N) is 1. The van der Waals surface area contributed by atoms with E-state index in [4.69, 9.17) is 0 Å². The highest BCUT2D eigenvalue weighted by Crippen LogP contribution is 2.31. The Balaban J connectivity index is 1.31. The molecule has 154 valence electrons. The molecule has 0 bridgehead atoms. The van der Waals surface area contributed by atoms with Crippen LogP contribution in [0.4, 0.5) is 5.13 Å². The average molecular weight is 444 g/mol. The fourth-order valence-corrected chi connectivity index (χ4v) is 5.49. The van der Waals surface area contributed by atoms with Crippen molar-refractivity contribution in [3.63, 3.8) is 0 Å². The minimum atomic E-state index is -0.0410. The highest BCUT2D eigenvalue weighted by atomic mass is 32.2. The van der Waals surface area contributed by atoms with E-state index >= 15 is 0 Å². The van der Waals surface area contributed by atoms with Gasteiger partial charge in [-0.05, 0) is 36.2 Å². The lowest BCUT2D eigenvalue weighted by Gasteiger charge is -2.05. The van der Waals surface area contributed by atoms with Gasteiger partial charge in [-0.2, -0.15) is 0 Å². The predicted molar refractivity (Wildman–Crippen MR) is 131 cm³/mol. The highest BCUT2D eigenvalue weighted by molar-refractivity contribution is 8.00. The number of anilines is 1. The van der Waals surface area contributed by atoms with Crippen LogP contribution in [-0.2, 0) is 11.3 Å². The minimum Gasteiger partial charge on any atom is -0.342 e. The maximum Gasteiger partial charge on any atom is 0.236 e. The number of thiazole rings is 1. The summed E-state index contributed by atoms with van der Waals surface area (Å²) in [7, 11) is 0. The minimum absolute atomic E-state index is 0.0410. The molecule has 1 N–H and O–H groups in total. The van der Waals surface area contributed by atoms with Gasteiger partial charge < -0.3 is 9.88 Å². The second kappa shape index (κ2) is 8.57. The van der Waals surface area contributed by atoms with Crippen molar-refractivity contribution in [2.24, 2.45) is 0 Å². The monoisotopic (exact) mass is 443 g/mol. The Bertz CT molecular complexity index is 1370. The van der Waals surface area contributed by atoms with Crippen molar-refractivity contribution >= 4 is 55.3 Å². The second-order valence-corrected chi connectivity index (χ2v) is 9.50. The summed E-state index contributed by atoms with van der Waals surface area (Å²) in [5, 5.41) is 4.78. The summed E-state index contributed by atoms with van der Waals surface area (Å²) in [5.74, 6) is 0.301. The number of nitrogens with zero attached hydrogens (tertiary/aromatic N) is 2. The van der Waals surface area contributed by atoms with Gasteiger partial charge in [0.2, 0.25) is 5.91 Å². The van der Waals surface area contributed by atoms with Crippen LogP contribution in [0.5, 0.6) is 0 Å². The van der Waals surface area contributed by atoms with Gasteiger partial charge in [-0.15, -0.1) is 11.8 Å². The average Bonchev–Trinajstić information content (AvgIpc) is 3.33. The number of para-hydroxylation sites is 1. The van der Waals surface area contributed by atoms with Crippen LogP contribution in [-0.4, -0.2) is 21.2 Å². The summed E-state index contributed by atoms with van der Waals surface area (Å²) in [6, 6.07) is 24.9. The summed E-state index contributed by atoms with van der Waals surface area (Å²) in [6.07, 6.45) is 2.15. The third-order valence-corrected chi connectivity index (χ3v) is 7.07. The summed E-state index contributed by atoms with van der Waals surface area (Å²) in [6.45, 7) is 2.86. The number of aryl methyl sites for hydroxylation is 1. The molecule has 0 spiro atoms. The van der Waals surface area contributed by atoms with Crippen molar-refractivity contribution in [3.8, 4) is 0 Å². The number of carbonyl (C=O) groups excluding carboxylic acids is 1. The van der Waals surface area contributed by atoms with Crippen molar-refractivity contribution in [1.29, 1.82) is 0 Å². The summed E-state index contributed by atoms with van der Waals surface area (Å²) in [4.78, 5) is 18.2. The molecule has 2 heterocycles. The van der Waals surface area contributed by atoms with Gasteiger partial charge in [-0.1, -0.05) is 65.9 Å². The van der Waals surface area contributed by atoms with E-state index in [1.54, 1.807) is 11.8 Å². The maximum atomic E-state index is 12.6. The van der Waals surface area contributed by atoms with Crippen LogP contribution < -0.4 is 5.32 Å². The van der Waals surface area contributed by atoms with E-state index in [-0.39, 0.29) is 5.91 Å². The van der Waals surface area contributed by atoms with Crippen LogP contribution in [0.3, 0.4) is 0 Å². The molecular formula is C25H21N3OS2. The lowest BCUT2D eigenvalue weighted by atomic mass is 10.2. The van der Waals surface area contributed by atoms with Gasteiger partial charge in [0, 0.05) is 28.5 Å². The van der Waals surface area contributed by atoms with E-state index < -0.39 is 0 Å². The summed E-state index contributed by atoms with van der Waals surface area (Å²) >= 11 is 3.07. The Labute approximate surface area is 188 Å². The van der Waals surface area contributed by atoms with E-state index in [9.17, 15) is 4.79 Å². The molecule has 0 aliphatic heterocycles. The van der Waals surface area contributed by atoms with E-state index in [2.05, 4.69) is 76.5 Å². The number of hydrogen-bond donors (Lipinski definition) is 1. The Kier molecular flexibility index (Phi) is 5.49. The van der Waals surface area contributed by atoms with Gasteiger partial charge in [0.15, 0.2) is 5.13 Å². The molecule has 5 rings (SSSR count). The van der Waals surface area contributed by atoms with Crippen LogP contribution >= 0.6 is 23.1 Å². The van der Waals surface area contributed by atoms with Crippen molar-refractivity contribution in [1.82, 2.24) is 9.55 Å². The number of hydrogen-bond acceptors (Lipinski definition) is 4. The quantitative estimate of drug-likeness (QED) is 0.312. The van der Waals surface area contributed by atoms with Crippen LogP contribution in [0.1, 0.15) is 11.1 Å². The van der Waals surface area contributed by atoms with Gasteiger partial charge >= 0.3 is 0 Å². The first-order valence-electron chi connectivity index (χ1n) is 10.1. The number of carbonyl (C=O) groups is 1. The third kappa shape index (κ3) is 4.36. The standard InChI is InChI=1S/C25H21N3OS2/c1-17-11-12-20-22(13-17)31-25(26-20)27-24(29)16-30-23-15-28(14-18-7-3-2-4-8-18)21-10-6-5-9-19(21)23/h2-13,15H,14,16H2,1H3,(H,26,27,29). The Morgan fingerprint density at radius 2 is 1.87 bits per heavy atom. The number of benzene rings is 3. The van der Waals surface area contributed by atoms with Gasteiger partial charge in [-0.25, -0.2) is 4.98 Å². The molecule has 0 saturated carbocycles. The van der Waals surface area contributed by atoms with Crippen molar-refractivity contribution in [2.75, 3.05) is 11.1 Å². The SMILES string of the molecule is Cc1ccc2nc(NC(=O)CSc3cn(Cc4ccccc4)c4ccccc34)sc2c1. The van der Waals surface area contributed by atoms with Gasteiger partial charge in [0.1, 0.15) is 0 Å². The molecular weight excluding hydrogens is 422 g/mol. The normalized spacial score (nSPS) is 11.3. The molecule has 0 radical (unpaired) electrons. The number of aromatic nitrogens is 2. The molecule has 0 aliphatic carbocycles. The molecule has 0 atom stereocenters. The first-order valence-corrected chi connectivity index (χ1v) is 11.9. The molecule has 31 heavy (non-hydrogen) atoms. The zero-order chi connectivity index (χ0) is 21.2. The van der Waals surface area contributed by atoms with Crippen LogP contribution in [0.15, 0.2) is 83.9 Å². The number of thioether (sulfide) groups is 1. The van der Waals surface area contributed by atoms with Gasteiger partial charge in [0.05, 0.1) is 16.0 Å². The molecule has 3 aromatic carbocycles. The van der Waals surface area contributed by atoms with E-state index in [1.807, 2.05) is 24.3 Å². The molecule has 0 unspecified atom stereocenters. The Hall–Kier alpha value is -3.09. The predicted octanol–water partition coefficient (Wildman–Crippen LogP) is 6.34. The lowest BCUT2D eigenvalue weighted by molar-refractivity contribution is -0.113. The van der Waals surface area contributed by atoms with Crippen LogP contribution in [0, 0.1) is 6.92 Å². The van der Waals surface area contributed by atoms with E-state index in [1.165, 1.54) is 33.4 Å². The number of fused-ring (bicyclic) bond motifs is 2. The topological polar surface area (TPSA) is 46.9 Å². The van der Waals surface area contributed by atoms with E-state index in [0.717, 1.165) is 21.7 Å². The van der Waals surface area contributed by atoms with Crippen molar-refractivity contribution in [2.45, 2.75) is 18.4 Å². The molecule has 0 fully saturated rings. The highest BCUT2D eigenvalue weighted by Gasteiger charge is 2.13. The molecule has 1 amide bonds. The molecule has 2 aromatic heterocycles. The second-order valence-electron chi connectivity index (χ2n) is 7.45. The first-order chi connectivity index (χ1) is 15.2. The fourth-order valence-electron chi connectivity index (χ4n) is 3.62. The molecule has 6 heteroatoms. The van der Waals surface area contributed by atoms with Gasteiger partial charge in [-0.3, -0.25) is 4.79 Å². The largest absolute Gasteiger partial charge is 0.342 e. The smallest absolute Gasteiger partial charge is 0.236 e. The number of amides is 1. The van der Waals surface area contributed by atoms with Crippen molar-refractivity contribution in [3.05, 3.63) is 90.1 Å². The Morgan fingerprint density at radius 1 is 1.06 bits per heavy atom. The zero-order valence-corrected chi connectivity index (χ0v) is 18.7. The Morgan fingerprint density at radius 3 is 2.74 bits per heavy atom. The molecule has 0 aliphatic rings. The first kappa shape index (κ1) is 19.8. The zero-order valence-electron chi connectivity index (χ0n) is 17.0. The summed E-state index contributed by atoms with van der Waals surface area (Å²) < 4.78 is 3.34. The van der Waals surface area contributed by atoms with Crippen LogP contribution in [0.25, 0.3) is 21.1 Å².